The summed E-state index contributed by atoms with van der Waals surface area (Å²) in [4.78, 5) is 37.5. The molecule has 0 aromatic heterocycles. The van der Waals surface area contributed by atoms with Crippen LogP contribution >= 0.6 is 0 Å². The van der Waals surface area contributed by atoms with Crippen molar-refractivity contribution in [2.45, 2.75) is 162 Å². The number of allylic oxidation sites excluding steroid dienone is 19. The summed E-state index contributed by atoms with van der Waals surface area (Å²) in [5.74, 6) is -1.16. The number of esters is 3. The molecular formula is C50H76O6. The van der Waals surface area contributed by atoms with Gasteiger partial charge in [0.25, 0.3) is 0 Å². The minimum atomic E-state index is -0.844. The van der Waals surface area contributed by atoms with Gasteiger partial charge in [-0.25, -0.2) is 0 Å². The molecule has 56 heavy (non-hydrogen) atoms. The van der Waals surface area contributed by atoms with Gasteiger partial charge in [-0.05, 0) is 96.3 Å². The lowest BCUT2D eigenvalue weighted by atomic mass is 10.1. The van der Waals surface area contributed by atoms with Gasteiger partial charge in [0.2, 0.25) is 0 Å². The maximum Gasteiger partial charge on any atom is 0.309 e. The van der Waals surface area contributed by atoms with Crippen LogP contribution in [-0.2, 0) is 28.6 Å². The summed E-state index contributed by atoms with van der Waals surface area (Å²) in [5.41, 5.74) is 0. The highest BCUT2D eigenvalue weighted by atomic mass is 16.6. The first-order valence-electron chi connectivity index (χ1n) is 21.5. The first-order chi connectivity index (χ1) is 27.5. The zero-order valence-electron chi connectivity index (χ0n) is 35.3. The lowest BCUT2D eigenvalue weighted by Crippen LogP contribution is -2.30. The number of ether oxygens (including phenoxy) is 3. The van der Waals surface area contributed by atoms with Crippen LogP contribution in [0.1, 0.15) is 156 Å². The molecule has 6 nitrogen and oxygen atoms in total. The average molecular weight is 773 g/mol. The van der Waals surface area contributed by atoms with E-state index >= 15 is 0 Å². The number of hydrogen-bond acceptors (Lipinski definition) is 6. The summed E-state index contributed by atoms with van der Waals surface area (Å²) in [7, 11) is 0. The Labute approximate surface area is 342 Å². The van der Waals surface area contributed by atoms with E-state index in [0.29, 0.717) is 6.42 Å². The summed E-state index contributed by atoms with van der Waals surface area (Å²) in [6.45, 7) is 6.09. The van der Waals surface area contributed by atoms with Crippen LogP contribution in [0.15, 0.2) is 122 Å². The number of unbranched alkanes of at least 4 members (excludes halogenated alkanes) is 6. The van der Waals surface area contributed by atoms with E-state index in [0.717, 1.165) is 109 Å². The Kier molecular flexibility index (Phi) is 40.3. The van der Waals surface area contributed by atoms with Gasteiger partial charge >= 0.3 is 17.9 Å². The summed E-state index contributed by atoms with van der Waals surface area (Å²) >= 11 is 0. The fourth-order valence-corrected chi connectivity index (χ4v) is 5.10. The average Bonchev–Trinajstić information content (AvgIpc) is 3.19. The molecule has 312 valence electrons. The van der Waals surface area contributed by atoms with Gasteiger partial charge in [-0.15, -0.1) is 0 Å². The summed E-state index contributed by atoms with van der Waals surface area (Å²) in [5, 5.41) is 0. The summed E-state index contributed by atoms with van der Waals surface area (Å²) in [6.07, 6.45) is 59.4. The first kappa shape index (κ1) is 51.8. The van der Waals surface area contributed by atoms with Gasteiger partial charge in [0, 0.05) is 12.8 Å². The van der Waals surface area contributed by atoms with E-state index in [1.807, 2.05) is 6.08 Å². The highest BCUT2D eigenvalue weighted by Crippen LogP contribution is 2.10. The Balaban J connectivity index is 4.57. The molecule has 0 aliphatic heterocycles. The molecule has 0 saturated heterocycles. The molecule has 0 aromatic carbocycles. The van der Waals surface area contributed by atoms with Crippen LogP contribution in [0.25, 0.3) is 0 Å². The molecule has 1 unspecified atom stereocenters. The molecule has 0 aromatic rings. The third kappa shape index (κ3) is 41.0. The third-order valence-corrected chi connectivity index (χ3v) is 8.23. The Hall–Kier alpha value is -4.19. The van der Waals surface area contributed by atoms with Crippen molar-refractivity contribution in [2.75, 3.05) is 13.2 Å². The lowest BCUT2D eigenvalue weighted by Gasteiger charge is -2.18. The van der Waals surface area contributed by atoms with Gasteiger partial charge in [0.1, 0.15) is 13.2 Å². The summed E-state index contributed by atoms with van der Waals surface area (Å²) in [6, 6.07) is 0. The maximum absolute atomic E-state index is 12.7. The van der Waals surface area contributed by atoms with Gasteiger partial charge in [-0.1, -0.05) is 162 Å². The quantitative estimate of drug-likeness (QED) is 0.0273. The minimum Gasteiger partial charge on any atom is -0.462 e. The van der Waals surface area contributed by atoms with Gasteiger partial charge in [-0.2, -0.15) is 0 Å². The number of hydrogen-bond donors (Lipinski definition) is 0. The molecule has 0 N–H and O–H groups in total. The third-order valence-electron chi connectivity index (χ3n) is 8.23. The molecule has 0 saturated carbocycles. The second-order valence-electron chi connectivity index (χ2n) is 13.5. The molecular weight excluding hydrogens is 697 g/mol. The molecule has 0 amide bonds. The molecule has 1 atom stereocenters. The van der Waals surface area contributed by atoms with Crippen LogP contribution < -0.4 is 0 Å². The molecule has 6 heteroatoms. The van der Waals surface area contributed by atoms with Crippen LogP contribution in [0.3, 0.4) is 0 Å². The van der Waals surface area contributed by atoms with Gasteiger partial charge in [0.15, 0.2) is 6.10 Å². The zero-order chi connectivity index (χ0) is 40.8. The Morgan fingerprint density at radius 2 is 0.732 bits per heavy atom. The fraction of sp³-hybridized carbons (Fsp3) is 0.540. The second-order valence-corrected chi connectivity index (χ2v) is 13.5. The van der Waals surface area contributed by atoms with Crippen LogP contribution in [0, 0.1) is 0 Å². The van der Waals surface area contributed by atoms with Crippen LogP contribution in [-0.4, -0.2) is 37.2 Å². The zero-order valence-corrected chi connectivity index (χ0v) is 35.3. The van der Waals surface area contributed by atoms with Crippen molar-refractivity contribution < 1.29 is 28.6 Å². The van der Waals surface area contributed by atoms with Crippen LogP contribution in [0.5, 0.6) is 0 Å². The fourth-order valence-electron chi connectivity index (χ4n) is 5.10. The van der Waals surface area contributed by atoms with E-state index in [1.54, 1.807) is 6.08 Å². The van der Waals surface area contributed by atoms with E-state index < -0.39 is 12.1 Å². The molecule has 0 aliphatic carbocycles. The van der Waals surface area contributed by atoms with E-state index in [-0.39, 0.29) is 44.4 Å². The largest absolute Gasteiger partial charge is 0.462 e. The molecule has 0 fully saturated rings. The maximum atomic E-state index is 12.7. The Morgan fingerprint density at radius 3 is 1.21 bits per heavy atom. The monoisotopic (exact) mass is 773 g/mol. The van der Waals surface area contributed by atoms with Crippen LogP contribution in [0.4, 0.5) is 0 Å². The Morgan fingerprint density at radius 1 is 0.375 bits per heavy atom. The smallest absolute Gasteiger partial charge is 0.309 e. The molecule has 0 rings (SSSR count). The summed E-state index contributed by atoms with van der Waals surface area (Å²) < 4.78 is 16.5. The highest BCUT2D eigenvalue weighted by molar-refractivity contribution is 5.72. The molecule has 0 aliphatic rings. The van der Waals surface area contributed by atoms with E-state index in [9.17, 15) is 14.4 Å². The van der Waals surface area contributed by atoms with Crippen molar-refractivity contribution in [3.05, 3.63) is 122 Å². The normalized spacial score (nSPS) is 13.3. The van der Waals surface area contributed by atoms with E-state index in [1.165, 1.54) is 0 Å². The highest BCUT2D eigenvalue weighted by Gasteiger charge is 2.19. The van der Waals surface area contributed by atoms with Crippen molar-refractivity contribution in [2.24, 2.45) is 0 Å². The first-order valence-corrected chi connectivity index (χ1v) is 21.5. The van der Waals surface area contributed by atoms with Gasteiger partial charge < -0.3 is 14.2 Å². The predicted octanol–water partition coefficient (Wildman–Crippen LogP) is 13.8. The molecule has 0 radical (unpaired) electrons. The molecule has 0 spiro atoms. The van der Waals surface area contributed by atoms with Crippen LogP contribution in [0.2, 0.25) is 0 Å². The standard InChI is InChI=1S/C50H76O6/c1-4-7-10-13-16-19-21-23-24-25-26-27-29-31-34-37-40-43-49(52)55-46-47(45-54-48(51)42-39-36-33-30-18-15-12-9-6-3)56-50(53)44-41-38-35-32-28-22-20-17-14-11-8-5-2/h7-12,16-20,23-24,26-27,30-31,34,36,39,47H,4-6,13-15,21-22,25,28-29,32-33,35,37-38,40-46H2,1-3H3/b10-7-,11-8-,12-9-,19-16-,20-17-,24-23-,27-26-,30-18-,34-31-,39-36-. The van der Waals surface area contributed by atoms with Crippen molar-refractivity contribution in [1.29, 1.82) is 0 Å². The minimum absolute atomic E-state index is 0.117. The van der Waals surface area contributed by atoms with E-state index in [4.69, 9.17) is 14.2 Å². The lowest BCUT2D eigenvalue weighted by molar-refractivity contribution is -0.166. The second kappa shape index (κ2) is 43.5. The van der Waals surface area contributed by atoms with Crippen molar-refractivity contribution in [3.8, 4) is 0 Å². The van der Waals surface area contributed by atoms with Gasteiger partial charge in [-0.3, -0.25) is 14.4 Å². The number of carbonyl (C=O) groups excluding carboxylic acids is 3. The number of rotatable bonds is 36. The van der Waals surface area contributed by atoms with Gasteiger partial charge in [0.05, 0.1) is 6.42 Å². The topological polar surface area (TPSA) is 78.9 Å². The van der Waals surface area contributed by atoms with E-state index in [2.05, 4.69) is 130 Å². The predicted molar refractivity (Wildman–Crippen MR) is 237 cm³/mol. The molecule has 0 bridgehead atoms. The number of carbonyl (C=O) groups is 3. The van der Waals surface area contributed by atoms with Crippen molar-refractivity contribution in [1.82, 2.24) is 0 Å². The molecule has 0 heterocycles. The Bertz CT molecular complexity index is 1260. The van der Waals surface area contributed by atoms with Crippen molar-refractivity contribution in [3.63, 3.8) is 0 Å². The van der Waals surface area contributed by atoms with Crippen molar-refractivity contribution >= 4 is 17.9 Å². The SMILES string of the molecule is CC/C=C\C/C=C\C/C=C\C/C=C\C/C=C\CCCC(=O)OCC(COC(=O)C/C=C\C/C=C\C/C=C\CC)OC(=O)CCCCCCC/C=C\C/C=C\CC.